The van der Waals surface area contributed by atoms with Crippen LogP contribution in [0.25, 0.3) is 0 Å². The summed E-state index contributed by atoms with van der Waals surface area (Å²) in [6, 6.07) is 0. The van der Waals surface area contributed by atoms with Crippen LogP contribution in [0.15, 0.2) is 0 Å². The lowest BCUT2D eigenvalue weighted by Gasteiger charge is -2.14. The van der Waals surface area contributed by atoms with Crippen LogP contribution in [0.4, 0.5) is 13.2 Å². The van der Waals surface area contributed by atoms with E-state index in [0.717, 1.165) is 17.5 Å². The first-order valence-corrected chi connectivity index (χ1v) is 5.64. The van der Waals surface area contributed by atoms with Gasteiger partial charge in [-0.3, -0.25) is 4.68 Å². The van der Waals surface area contributed by atoms with Crippen LogP contribution in [-0.4, -0.2) is 22.4 Å². The summed E-state index contributed by atoms with van der Waals surface area (Å²) >= 11 is 5.88. The molecule has 96 valence electrons. The van der Waals surface area contributed by atoms with Crippen molar-refractivity contribution in [3.8, 4) is 0 Å². The first-order valence-electron chi connectivity index (χ1n) is 5.26. The lowest BCUT2D eigenvalue weighted by atomic mass is 10.0. The number of hydrogen-bond donors (Lipinski definition) is 1. The molecule has 0 aliphatic heterocycles. The molecule has 17 heavy (non-hydrogen) atoms. The fourth-order valence-corrected chi connectivity index (χ4v) is 2.13. The maximum absolute atomic E-state index is 12.8. The van der Waals surface area contributed by atoms with E-state index in [1.54, 1.807) is 7.05 Å². The minimum absolute atomic E-state index is 0.0684. The van der Waals surface area contributed by atoms with Gasteiger partial charge < -0.3 is 5.32 Å². The van der Waals surface area contributed by atoms with Gasteiger partial charge in [0, 0.05) is 18.2 Å². The van der Waals surface area contributed by atoms with Crippen molar-refractivity contribution in [2.75, 3.05) is 7.05 Å². The maximum Gasteiger partial charge on any atom is 0.435 e. The molecule has 1 aliphatic carbocycles. The molecule has 1 heterocycles. The Balaban J connectivity index is 2.38. The molecule has 3 nitrogen and oxygen atoms in total. The van der Waals surface area contributed by atoms with Gasteiger partial charge in [0.05, 0.1) is 0 Å². The number of nitrogens with one attached hydrogen (secondary N) is 1. The minimum atomic E-state index is -4.45. The number of rotatable bonds is 3. The molecule has 0 radical (unpaired) electrons. The standard InChI is InChI=1S/C10H13ClF3N3/c1-15-9(3-4-9)5-6-7(10(12,13)14)16-17(2)8(6)11/h15H,3-5H2,1-2H3. The highest BCUT2D eigenvalue weighted by molar-refractivity contribution is 6.30. The third kappa shape index (κ3) is 2.28. The lowest BCUT2D eigenvalue weighted by molar-refractivity contribution is -0.142. The zero-order valence-corrected chi connectivity index (χ0v) is 10.3. The first-order chi connectivity index (χ1) is 7.79. The smallest absolute Gasteiger partial charge is 0.314 e. The fraction of sp³-hybridized carbons (Fsp3) is 0.700. The second-order valence-electron chi connectivity index (χ2n) is 4.45. The van der Waals surface area contributed by atoms with Crippen LogP contribution in [-0.2, 0) is 19.6 Å². The van der Waals surface area contributed by atoms with Gasteiger partial charge >= 0.3 is 6.18 Å². The van der Waals surface area contributed by atoms with Crippen molar-refractivity contribution in [2.24, 2.45) is 7.05 Å². The normalized spacial score (nSPS) is 18.5. The molecule has 1 saturated carbocycles. The molecule has 0 unspecified atom stereocenters. The zero-order valence-electron chi connectivity index (χ0n) is 9.53. The summed E-state index contributed by atoms with van der Waals surface area (Å²) in [6.07, 6.45) is -2.45. The average molecular weight is 268 g/mol. The summed E-state index contributed by atoms with van der Waals surface area (Å²) in [5, 5.41) is 6.58. The van der Waals surface area contributed by atoms with E-state index in [2.05, 4.69) is 10.4 Å². The van der Waals surface area contributed by atoms with Crippen molar-refractivity contribution in [1.29, 1.82) is 0 Å². The Morgan fingerprint density at radius 2 is 2.06 bits per heavy atom. The van der Waals surface area contributed by atoms with Crippen LogP contribution >= 0.6 is 11.6 Å². The monoisotopic (exact) mass is 267 g/mol. The predicted molar refractivity (Wildman–Crippen MR) is 57.9 cm³/mol. The number of aryl methyl sites for hydroxylation is 1. The minimum Gasteiger partial charge on any atom is -0.314 e. The van der Waals surface area contributed by atoms with Gasteiger partial charge in [-0.2, -0.15) is 18.3 Å². The van der Waals surface area contributed by atoms with Crippen LogP contribution in [0.1, 0.15) is 24.1 Å². The highest BCUT2D eigenvalue weighted by Crippen LogP contribution is 2.43. The Labute approximate surface area is 102 Å². The van der Waals surface area contributed by atoms with Gasteiger partial charge in [0.25, 0.3) is 0 Å². The fourth-order valence-electron chi connectivity index (χ4n) is 1.94. The predicted octanol–water partition coefficient (Wildman–Crippen LogP) is 2.39. The summed E-state index contributed by atoms with van der Waals surface area (Å²) < 4.78 is 39.4. The molecule has 0 spiro atoms. The van der Waals surface area contributed by atoms with Crippen LogP contribution in [0.2, 0.25) is 5.15 Å². The summed E-state index contributed by atoms with van der Waals surface area (Å²) in [4.78, 5) is 0. The average Bonchev–Trinajstić information content (AvgIpc) is 2.95. The van der Waals surface area contributed by atoms with Crippen molar-refractivity contribution in [3.63, 3.8) is 0 Å². The van der Waals surface area contributed by atoms with Crippen molar-refractivity contribution in [1.82, 2.24) is 15.1 Å². The van der Waals surface area contributed by atoms with Crippen LogP contribution in [0.5, 0.6) is 0 Å². The van der Waals surface area contributed by atoms with E-state index in [4.69, 9.17) is 11.6 Å². The number of likely N-dealkylation sites (N-methyl/N-ethyl adjacent to an activating group) is 1. The second kappa shape index (κ2) is 3.88. The molecule has 1 fully saturated rings. The van der Waals surface area contributed by atoms with E-state index in [9.17, 15) is 13.2 Å². The van der Waals surface area contributed by atoms with E-state index < -0.39 is 11.9 Å². The molecule has 1 aromatic rings. The van der Waals surface area contributed by atoms with E-state index in [1.807, 2.05) is 0 Å². The Hall–Kier alpha value is -0.750. The molecular formula is C10H13ClF3N3. The van der Waals surface area contributed by atoms with Gasteiger partial charge in [0.1, 0.15) is 5.15 Å². The summed E-state index contributed by atoms with van der Waals surface area (Å²) in [7, 11) is 3.17. The van der Waals surface area contributed by atoms with E-state index in [-0.39, 0.29) is 22.7 Å². The Kier molecular flexibility index (Phi) is 2.90. The molecule has 1 aromatic heterocycles. The molecule has 0 bridgehead atoms. The summed E-state index contributed by atoms with van der Waals surface area (Å²) in [5.74, 6) is 0. The Bertz CT molecular complexity index is 435. The Morgan fingerprint density at radius 3 is 2.47 bits per heavy atom. The molecule has 0 amide bonds. The number of hydrogen-bond acceptors (Lipinski definition) is 2. The summed E-state index contributed by atoms with van der Waals surface area (Å²) in [6.45, 7) is 0. The second-order valence-corrected chi connectivity index (χ2v) is 4.80. The van der Waals surface area contributed by atoms with Gasteiger partial charge in [0.15, 0.2) is 5.69 Å². The number of halogens is 4. The molecule has 0 aromatic carbocycles. The van der Waals surface area contributed by atoms with Crippen molar-refractivity contribution in [3.05, 3.63) is 16.4 Å². The molecule has 1 aliphatic rings. The number of aromatic nitrogens is 2. The van der Waals surface area contributed by atoms with Crippen LogP contribution in [0, 0.1) is 0 Å². The quantitative estimate of drug-likeness (QED) is 0.911. The SMILES string of the molecule is CNC1(Cc2c(C(F)(F)F)nn(C)c2Cl)CC1. The summed E-state index contributed by atoms with van der Waals surface area (Å²) in [5.41, 5.74) is -1.01. The third-order valence-electron chi connectivity index (χ3n) is 3.24. The molecule has 2 rings (SSSR count). The van der Waals surface area contributed by atoms with E-state index in [0.29, 0.717) is 0 Å². The highest BCUT2D eigenvalue weighted by atomic mass is 35.5. The van der Waals surface area contributed by atoms with Crippen molar-refractivity contribution >= 4 is 11.6 Å². The molecular weight excluding hydrogens is 255 g/mol. The van der Waals surface area contributed by atoms with E-state index >= 15 is 0 Å². The molecule has 1 N–H and O–H groups in total. The van der Waals surface area contributed by atoms with Gasteiger partial charge in [-0.1, -0.05) is 11.6 Å². The maximum atomic E-state index is 12.8. The molecule has 0 saturated heterocycles. The van der Waals surface area contributed by atoms with Gasteiger partial charge in [-0.15, -0.1) is 0 Å². The Morgan fingerprint density at radius 1 is 1.47 bits per heavy atom. The third-order valence-corrected chi connectivity index (χ3v) is 3.71. The van der Waals surface area contributed by atoms with Gasteiger partial charge in [-0.25, -0.2) is 0 Å². The largest absolute Gasteiger partial charge is 0.435 e. The molecule has 0 atom stereocenters. The number of alkyl halides is 3. The topological polar surface area (TPSA) is 29.9 Å². The molecule has 7 heteroatoms. The zero-order chi connectivity index (χ0) is 12.8. The van der Waals surface area contributed by atoms with Crippen molar-refractivity contribution < 1.29 is 13.2 Å². The first kappa shape index (κ1) is 12.7. The van der Waals surface area contributed by atoms with Crippen molar-refractivity contribution in [2.45, 2.75) is 31.0 Å². The van der Waals surface area contributed by atoms with Gasteiger partial charge in [-0.05, 0) is 26.3 Å². The number of nitrogens with zero attached hydrogens (tertiary/aromatic N) is 2. The van der Waals surface area contributed by atoms with Gasteiger partial charge in [0.2, 0.25) is 0 Å². The lowest BCUT2D eigenvalue weighted by Crippen LogP contribution is -2.30. The van der Waals surface area contributed by atoms with Crippen LogP contribution < -0.4 is 5.32 Å². The van der Waals surface area contributed by atoms with Crippen LogP contribution in [0.3, 0.4) is 0 Å². The van der Waals surface area contributed by atoms with E-state index in [1.165, 1.54) is 7.05 Å². The highest BCUT2D eigenvalue weighted by Gasteiger charge is 2.46.